The van der Waals surface area contributed by atoms with Crippen molar-refractivity contribution in [2.45, 2.75) is 32.2 Å². The van der Waals surface area contributed by atoms with Crippen LogP contribution in [0.5, 0.6) is 5.75 Å². The molecule has 1 aromatic heterocycles. The summed E-state index contributed by atoms with van der Waals surface area (Å²) in [4.78, 5) is 17.9. The van der Waals surface area contributed by atoms with Gasteiger partial charge in [-0.1, -0.05) is 0 Å². The first-order chi connectivity index (χ1) is 9.25. The van der Waals surface area contributed by atoms with Crippen molar-refractivity contribution < 1.29 is 9.90 Å². The second-order valence-corrected chi connectivity index (χ2v) is 4.88. The van der Waals surface area contributed by atoms with Gasteiger partial charge in [-0.15, -0.1) is 0 Å². The van der Waals surface area contributed by atoms with E-state index < -0.39 is 0 Å². The van der Waals surface area contributed by atoms with Gasteiger partial charge >= 0.3 is 0 Å². The van der Waals surface area contributed by atoms with E-state index in [1.165, 1.54) is 12.6 Å². The summed E-state index contributed by atoms with van der Waals surface area (Å²) in [5.41, 5.74) is 0.864. The van der Waals surface area contributed by atoms with E-state index in [9.17, 15) is 4.79 Å². The van der Waals surface area contributed by atoms with Crippen LogP contribution in [0.15, 0.2) is 18.3 Å². The van der Waals surface area contributed by atoms with Crippen molar-refractivity contribution >= 4 is 5.91 Å². The fourth-order valence-electron chi connectivity index (χ4n) is 2.23. The molecule has 1 aliphatic heterocycles. The first-order valence-corrected chi connectivity index (χ1v) is 6.88. The molecule has 1 aromatic rings. The number of carbonyl (C=O) groups is 1. The van der Waals surface area contributed by atoms with E-state index >= 15 is 0 Å². The van der Waals surface area contributed by atoms with Gasteiger partial charge < -0.3 is 15.3 Å². The fraction of sp³-hybridized carbons (Fsp3) is 0.571. The molecule has 0 atom stereocenters. The summed E-state index contributed by atoms with van der Waals surface area (Å²) in [7, 11) is 0. The average Bonchev–Trinajstić information content (AvgIpc) is 2.46. The van der Waals surface area contributed by atoms with Crippen molar-refractivity contribution in [3.63, 3.8) is 0 Å². The van der Waals surface area contributed by atoms with Crippen molar-refractivity contribution in [2.24, 2.45) is 0 Å². The highest BCUT2D eigenvalue weighted by Gasteiger charge is 2.15. The lowest BCUT2D eigenvalue weighted by molar-refractivity contribution is -0.131. The van der Waals surface area contributed by atoms with E-state index in [0.29, 0.717) is 19.5 Å². The Hall–Kier alpha value is -1.62. The third-order valence-corrected chi connectivity index (χ3v) is 3.34. The van der Waals surface area contributed by atoms with Crippen LogP contribution in [0, 0.1) is 0 Å². The summed E-state index contributed by atoms with van der Waals surface area (Å²) in [5.74, 6) is 0.412. The molecular weight excluding hydrogens is 242 g/mol. The molecule has 19 heavy (non-hydrogen) atoms. The van der Waals surface area contributed by atoms with Crippen molar-refractivity contribution in [1.29, 1.82) is 0 Å². The maximum atomic E-state index is 11.9. The lowest BCUT2D eigenvalue weighted by atomic mass is 10.1. The Kier molecular flexibility index (Phi) is 5.15. The zero-order chi connectivity index (χ0) is 13.5. The molecule has 0 spiro atoms. The van der Waals surface area contributed by atoms with Crippen LogP contribution in [0.2, 0.25) is 0 Å². The Bertz CT molecular complexity index is 400. The molecule has 1 fully saturated rings. The topological polar surface area (TPSA) is 65.5 Å². The number of piperidine rings is 1. The van der Waals surface area contributed by atoms with Crippen molar-refractivity contribution in [2.75, 3.05) is 19.6 Å². The predicted molar refractivity (Wildman–Crippen MR) is 72.7 cm³/mol. The van der Waals surface area contributed by atoms with E-state index in [-0.39, 0.29) is 11.7 Å². The number of aromatic nitrogens is 1. The molecule has 5 nitrogen and oxygen atoms in total. The highest BCUT2D eigenvalue weighted by atomic mass is 16.3. The number of rotatable bonds is 5. The summed E-state index contributed by atoms with van der Waals surface area (Å²) in [6.07, 6.45) is 5.48. The second kappa shape index (κ2) is 7.09. The van der Waals surface area contributed by atoms with Gasteiger partial charge in [-0.25, -0.2) is 0 Å². The Labute approximate surface area is 113 Å². The monoisotopic (exact) mass is 263 g/mol. The van der Waals surface area contributed by atoms with Crippen LogP contribution >= 0.6 is 0 Å². The number of carbonyl (C=O) groups excluding carboxylic acids is 1. The zero-order valence-electron chi connectivity index (χ0n) is 11.1. The minimum Gasteiger partial charge on any atom is -0.506 e. The number of amides is 1. The number of likely N-dealkylation sites (tertiary alicyclic amines) is 1. The van der Waals surface area contributed by atoms with Gasteiger partial charge in [0.2, 0.25) is 5.91 Å². The van der Waals surface area contributed by atoms with Crippen LogP contribution in [-0.2, 0) is 11.3 Å². The molecule has 2 rings (SSSR count). The summed E-state index contributed by atoms with van der Waals surface area (Å²) < 4.78 is 0. The van der Waals surface area contributed by atoms with Gasteiger partial charge in [0.1, 0.15) is 5.75 Å². The maximum Gasteiger partial charge on any atom is 0.223 e. The van der Waals surface area contributed by atoms with Gasteiger partial charge in [-0.05, 0) is 31.4 Å². The first-order valence-electron chi connectivity index (χ1n) is 6.88. The molecule has 104 valence electrons. The van der Waals surface area contributed by atoms with Gasteiger partial charge in [0.15, 0.2) is 0 Å². The molecule has 1 amide bonds. The highest BCUT2D eigenvalue weighted by molar-refractivity contribution is 5.76. The minimum atomic E-state index is 0.170. The second-order valence-electron chi connectivity index (χ2n) is 4.88. The number of pyridine rings is 1. The number of aromatic hydroxyl groups is 1. The zero-order valence-corrected chi connectivity index (χ0v) is 11.1. The summed E-state index contributed by atoms with van der Waals surface area (Å²) in [6, 6.07) is 3.39. The molecule has 1 aliphatic rings. The van der Waals surface area contributed by atoms with Crippen LogP contribution < -0.4 is 5.32 Å². The SMILES string of the molecule is O=C(CCNCc1ccc(O)cn1)N1CCCCC1. The molecule has 0 aromatic carbocycles. The van der Waals surface area contributed by atoms with E-state index in [4.69, 9.17) is 5.11 Å². The summed E-state index contributed by atoms with van der Waals surface area (Å²) in [6.45, 7) is 3.11. The molecule has 2 N–H and O–H groups in total. The lowest BCUT2D eigenvalue weighted by Crippen LogP contribution is -2.37. The average molecular weight is 263 g/mol. The molecule has 5 heteroatoms. The number of hydrogen-bond donors (Lipinski definition) is 2. The van der Waals surface area contributed by atoms with Crippen molar-refractivity contribution in [3.05, 3.63) is 24.0 Å². The number of nitrogens with zero attached hydrogens (tertiary/aromatic N) is 2. The molecule has 0 radical (unpaired) electrons. The Morgan fingerprint density at radius 1 is 1.32 bits per heavy atom. The van der Waals surface area contributed by atoms with Crippen LogP contribution in [-0.4, -0.2) is 40.5 Å². The highest BCUT2D eigenvalue weighted by Crippen LogP contribution is 2.09. The van der Waals surface area contributed by atoms with Gasteiger partial charge in [0.05, 0.1) is 11.9 Å². The van der Waals surface area contributed by atoms with Crippen LogP contribution in [0.3, 0.4) is 0 Å². The van der Waals surface area contributed by atoms with E-state index in [1.807, 2.05) is 4.90 Å². The molecule has 0 saturated carbocycles. The van der Waals surface area contributed by atoms with Gasteiger partial charge in [-0.2, -0.15) is 0 Å². The minimum absolute atomic E-state index is 0.170. The largest absolute Gasteiger partial charge is 0.506 e. The lowest BCUT2D eigenvalue weighted by Gasteiger charge is -2.26. The van der Waals surface area contributed by atoms with Crippen molar-refractivity contribution in [3.8, 4) is 5.75 Å². The van der Waals surface area contributed by atoms with Crippen molar-refractivity contribution in [1.82, 2.24) is 15.2 Å². The molecular formula is C14H21N3O2. The summed E-state index contributed by atoms with van der Waals surface area (Å²) in [5, 5.41) is 12.3. The smallest absolute Gasteiger partial charge is 0.223 e. The maximum absolute atomic E-state index is 11.9. The molecule has 1 saturated heterocycles. The quantitative estimate of drug-likeness (QED) is 0.785. The molecule has 2 heterocycles. The predicted octanol–water partition coefficient (Wildman–Crippen LogP) is 1.28. The summed E-state index contributed by atoms with van der Waals surface area (Å²) >= 11 is 0. The van der Waals surface area contributed by atoms with Gasteiger partial charge in [-0.3, -0.25) is 9.78 Å². The number of hydrogen-bond acceptors (Lipinski definition) is 4. The Balaban J connectivity index is 1.63. The third-order valence-electron chi connectivity index (χ3n) is 3.34. The molecule has 0 aliphatic carbocycles. The standard InChI is InChI=1S/C14H21N3O2/c18-13-5-4-12(16-11-13)10-15-7-6-14(19)17-8-2-1-3-9-17/h4-5,11,15,18H,1-3,6-10H2. The van der Waals surface area contributed by atoms with E-state index in [2.05, 4.69) is 10.3 Å². The third kappa shape index (κ3) is 4.52. The van der Waals surface area contributed by atoms with Crippen LogP contribution in [0.25, 0.3) is 0 Å². The number of nitrogens with one attached hydrogen (secondary N) is 1. The van der Waals surface area contributed by atoms with Crippen LogP contribution in [0.4, 0.5) is 0 Å². The normalized spacial score (nSPS) is 15.5. The van der Waals surface area contributed by atoms with Gasteiger partial charge in [0.25, 0.3) is 0 Å². The first kappa shape index (κ1) is 13.8. The van der Waals surface area contributed by atoms with E-state index in [1.54, 1.807) is 12.1 Å². The van der Waals surface area contributed by atoms with Gasteiger partial charge in [0, 0.05) is 32.6 Å². The Morgan fingerprint density at radius 2 is 2.11 bits per heavy atom. The van der Waals surface area contributed by atoms with Crippen LogP contribution in [0.1, 0.15) is 31.4 Å². The molecule has 0 unspecified atom stereocenters. The van der Waals surface area contributed by atoms with E-state index in [0.717, 1.165) is 31.6 Å². The molecule has 0 bridgehead atoms. The Morgan fingerprint density at radius 3 is 2.79 bits per heavy atom. The fourth-order valence-corrected chi connectivity index (χ4v) is 2.23.